The maximum absolute atomic E-state index is 12.0. The molecule has 7 rings (SSSR count). The Morgan fingerprint density at radius 3 is 2.54 bits per heavy atom. The quantitative estimate of drug-likeness (QED) is 0.360. The molecule has 12 atom stereocenters. The van der Waals surface area contributed by atoms with Crippen LogP contribution in [0.25, 0.3) is 0 Å². The molecule has 4 N–H and O–H groups in total. The third-order valence-electron chi connectivity index (χ3n) is 11.0. The molecule has 1 amide bonds. The second-order valence-corrected chi connectivity index (χ2v) is 13.0. The Hall–Kier alpha value is -1.51. The summed E-state index contributed by atoms with van der Waals surface area (Å²) in [6, 6.07) is 0.0938. The highest BCUT2D eigenvalue weighted by molar-refractivity contribution is 5.87. The molecule has 3 aliphatic carbocycles. The van der Waals surface area contributed by atoms with Gasteiger partial charge in [-0.1, -0.05) is 37.7 Å². The van der Waals surface area contributed by atoms with E-state index in [2.05, 4.69) is 41.0 Å². The van der Waals surface area contributed by atoms with Crippen LogP contribution in [0.4, 0.5) is 0 Å². The van der Waals surface area contributed by atoms with Crippen molar-refractivity contribution in [3.8, 4) is 11.8 Å². The Morgan fingerprint density at radius 1 is 1.00 bits per heavy atom. The molecular weight excluding hydrogens is 494 g/mol. The fraction of sp³-hybridized carbons (Fsp3) is 0.833. The highest BCUT2D eigenvalue weighted by Gasteiger charge is 2.59. The molecular formula is C30H45N5O4. The van der Waals surface area contributed by atoms with Crippen molar-refractivity contribution >= 4 is 5.91 Å². The first kappa shape index (κ1) is 26.4. The number of fused-ring (bicyclic) bond motifs is 3. The van der Waals surface area contributed by atoms with Gasteiger partial charge in [-0.05, 0) is 62.5 Å². The van der Waals surface area contributed by atoms with Gasteiger partial charge in [0, 0.05) is 31.6 Å². The lowest BCUT2D eigenvalue weighted by Crippen LogP contribution is -2.63. The number of nitrogens with zero attached hydrogens (tertiary/aromatic N) is 2. The van der Waals surface area contributed by atoms with Crippen molar-refractivity contribution in [3.05, 3.63) is 12.7 Å². The predicted molar refractivity (Wildman–Crippen MR) is 146 cm³/mol. The number of nitrogens with two attached hydrogens (primary N) is 1. The topological polar surface area (TPSA) is 101 Å². The smallest absolute Gasteiger partial charge is 0.245 e. The van der Waals surface area contributed by atoms with Gasteiger partial charge in [0.1, 0.15) is 12.9 Å². The van der Waals surface area contributed by atoms with Gasteiger partial charge in [0.05, 0.1) is 36.7 Å². The standard InChI is InChI=1S/C30H45N5O4/c1-3-24(36)35-13-20-18(21(20)14-35)9-11-22-25(26-29(31)32-15-33-30(26)34(22)2)19-10-12-23(28-27(19)37-16-38-28)39-17-7-5-4-6-8-17/h3,17-23,25-30,32-33H,1,4-8,10,12-16,31H2,2H3/t18?,19?,20-,21+,22?,23?,25?,26?,27?,28?,29?,30?. The van der Waals surface area contributed by atoms with Gasteiger partial charge in [-0.25, -0.2) is 0 Å². The van der Waals surface area contributed by atoms with Gasteiger partial charge >= 0.3 is 0 Å². The minimum atomic E-state index is -0.0914. The highest BCUT2D eigenvalue weighted by atomic mass is 16.7. The summed E-state index contributed by atoms with van der Waals surface area (Å²) in [6.45, 7) is 6.30. The van der Waals surface area contributed by atoms with Crippen LogP contribution in [0, 0.1) is 47.3 Å². The zero-order valence-electron chi connectivity index (χ0n) is 23.2. The van der Waals surface area contributed by atoms with Crippen molar-refractivity contribution in [2.24, 2.45) is 41.2 Å². The van der Waals surface area contributed by atoms with Crippen molar-refractivity contribution in [2.75, 3.05) is 33.6 Å². The highest BCUT2D eigenvalue weighted by Crippen LogP contribution is 2.52. The molecule has 0 aromatic carbocycles. The Bertz CT molecular complexity index is 997. The molecule has 3 saturated carbocycles. The summed E-state index contributed by atoms with van der Waals surface area (Å²) in [5.74, 6) is 9.68. The first-order valence-electron chi connectivity index (χ1n) is 15.3. The molecule has 9 heteroatoms. The lowest BCUT2D eigenvalue weighted by atomic mass is 9.68. The number of nitrogens with one attached hydrogen (secondary N) is 2. The molecule has 4 heterocycles. The zero-order valence-corrected chi connectivity index (χ0v) is 23.2. The summed E-state index contributed by atoms with van der Waals surface area (Å²) >= 11 is 0. The second kappa shape index (κ2) is 10.7. The van der Waals surface area contributed by atoms with Gasteiger partial charge < -0.3 is 24.8 Å². The molecule has 9 nitrogen and oxygen atoms in total. The minimum absolute atomic E-state index is 0.0134. The number of piperidine rings is 1. The van der Waals surface area contributed by atoms with Crippen molar-refractivity contribution in [3.63, 3.8) is 0 Å². The molecule has 0 aromatic heterocycles. The van der Waals surface area contributed by atoms with Gasteiger partial charge in [-0.3, -0.25) is 20.3 Å². The predicted octanol–water partition coefficient (Wildman–Crippen LogP) is 1.06. The first-order valence-corrected chi connectivity index (χ1v) is 15.3. The first-order chi connectivity index (χ1) is 19.0. The van der Waals surface area contributed by atoms with Crippen LogP contribution >= 0.6 is 0 Å². The lowest BCUT2D eigenvalue weighted by Gasteiger charge is -2.45. The Balaban J connectivity index is 1.10. The Kier molecular flexibility index (Phi) is 7.25. The lowest BCUT2D eigenvalue weighted by molar-refractivity contribution is -0.126. The average Bonchev–Trinajstić information content (AvgIpc) is 3.37. The van der Waals surface area contributed by atoms with Crippen molar-refractivity contribution < 1.29 is 19.0 Å². The summed E-state index contributed by atoms with van der Waals surface area (Å²) in [7, 11) is 2.20. The van der Waals surface area contributed by atoms with E-state index in [0.717, 1.165) is 25.9 Å². The molecule has 0 bridgehead atoms. The van der Waals surface area contributed by atoms with E-state index < -0.39 is 0 Å². The Labute approximate surface area is 232 Å². The van der Waals surface area contributed by atoms with Gasteiger partial charge in [-0.15, -0.1) is 0 Å². The number of carbonyl (C=O) groups is 1. The van der Waals surface area contributed by atoms with Crippen LogP contribution in [0.1, 0.15) is 44.9 Å². The van der Waals surface area contributed by atoms with E-state index in [9.17, 15) is 4.79 Å². The number of amides is 1. The summed E-state index contributed by atoms with van der Waals surface area (Å²) in [5, 5.41) is 7.13. The van der Waals surface area contributed by atoms with Crippen molar-refractivity contribution in [1.82, 2.24) is 20.4 Å². The van der Waals surface area contributed by atoms with Crippen molar-refractivity contribution in [2.45, 2.75) is 87.7 Å². The molecule has 7 fully saturated rings. The zero-order chi connectivity index (χ0) is 26.7. The van der Waals surface area contributed by atoms with Gasteiger partial charge in [0.25, 0.3) is 0 Å². The van der Waals surface area contributed by atoms with Crippen molar-refractivity contribution in [1.29, 1.82) is 0 Å². The molecule has 4 saturated heterocycles. The number of likely N-dealkylation sites (tertiary alicyclic amines) is 2. The molecule has 39 heavy (non-hydrogen) atoms. The maximum atomic E-state index is 12.0. The monoisotopic (exact) mass is 539 g/mol. The summed E-state index contributed by atoms with van der Waals surface area (Å²) < 4.78 is 19.2. The summed E-state index contributed by atoms with van der Waals surface area (Å²) in [6.07, 6.45) is 10.2. The molecule has 0 spiro atoms. The number of rotatable bonds is 4. The van der Waals surface area contributed by atoms with Crippen LogP contribution in [0.15, 0.2) is 12.7 Å². The molecule has 214 valence electrons. The number of carbonyl (C=O) groups excluding carboxylic acids is 1. The van der Waals surface area contributed by atoms with Gasteiger partial charge in [0.15, 0.2) is 0 Å². The van der Waals surface area contributed by atoms with Gasteiger partial charge in [-0.2, -0.15) is 0 Å². The van der Waals surface area contributed by atoms with Crippen LogP contribution in [-0.2, 0) is 19.0 Å². The van der Waals surface area contributed by atoms with E-state index in [-0.39, 0.29) is 54.4 Å². The van der Waals surface area contributed by atoms with E-state index in [1.807, 2.05) is 4.90 Å². The van der Waals surface area contributed by atoms with Crippen LogP contribution < -0.4 is 16.4 Å². The fourth-order valence-corrected chi connectivity index (χ4v) is 8.98. The maximum Gasteiger partial charge on any atom is 0.245 e. The van der Waals surface area contributed by atoms with E-state index in [4.69, 9.17) is 19.9 Å². The van der Waals surface area contributed by atoms with E-state index >= 15 is 0 Å². The van der Waals surface area contributed by atoms with E-state index in [1.54, 1.807) is 0 Å². The van der Waals surface area contributed by atoms with Crippen LogP contribution in [0.2, 0.25) is 0 Å². The molecule has 0 aromatic rings. The van der Waals surface area contributed by atoms with E-state index in [1.165, 1.54) is 38.2 Å². The number of hydrogen-bond acceptors (Lipinski definition) is 8. The second-order valence-electron chi connectivity index (χ2n) is 13.0. The van der Waals surface area contributed by atoms with E-state index in [0.29, 0.717) is 43.2 Å². The van der Waals surface area contributed by atoms with Crippen LogP contribution in [0.5, 0.6) is 0 Å². The number of ether oxygens (including phenoxy) is 3. The third-order valence-corrected chi connectivity index (χ3v) is 11.0. The molecule has 10 unspecified atom stereocenters. The molecule has 7 aliphatic rings. The summed E-state index contributed by atoms with van der Waals surface area (Å²) in [4.78, 5) is 16.4. The average molecular weight is 540 g/mol. The van der Waals surface area contributed by atoms with Crippen LogP contribution in [0.3, 0.4) is 0 Å². The molecule has 4 aliphatic heterocycles. The largest absolute Gasteiger partial charge is 0.372 e. The Morgan fingerprint density at radius 2 is 1.77 bits per heavy atom. The minimum Gasteiger partial charge on any atom is -0.372 e. The molecule has 0 radical (unpaired) electrons. The fourth-order valence-electron chi connectivity index (χ4n) is 8.98. The normalized spacial score (nSPS) is 47.6. The SMILES string of the molecule is C=CC(=O)N1C[C@@H]2C(C#CC3C(C4CCC(OC5CCCCC5)C5OCOC45)C4C(N)NCNC4N3C)[C@@H]2C1. The third kappa shape index (κ3) is 4.66. The summed E-state index contributed by atoms with van der Waals surface area (Å²) in [5.41, 5.74) is 6.76. The van der Waals surface area contributed by atoms with Crippen LogP contribution in [-0.4, -0.2) is 92.1 Å². The van der Waals surface area contributed by atoms with Gasteiger partial charge in [0.2, 0.25) is 5.91 Å². The number of hydrogen-bond donors (Lipinski definition) is 3.